The summed E-state index contributed by atoms with van der Waals surface area (Å²) in [6.45, 7) is 3.65. The van der Waals surface area contributed by atoms with Crippen LogP contribution in [0.4, 0.5) is 5.82 Å². The number of aromatic nitrogens is 1. The molecule has 1 unspecified atom stereocenters. The predicted molar refractivity (Wildman–Crippen MR) is 118 cm³/mol. The maximum Gasteiger partial charge on any atom is 0.303 e. The fraction of sp³-hybridized carbons (Fsp3) is 0.682. The van der Waals surface area contributed by atoms with Crippen molar-refractivity contribution in [3.05, 3.63) is 17.7 Å². The van der Waals surface area contributed by atoms with E-state index >= 15 is 0 Å². The number of aliphatic hydroxyl groups excluding tert-OH is 1. The van der Waals surface area contributed by atoms with Crippen molar-refractivity contribution in [1.82, 2.24) is 10.3 Å². The maximum atomic E-state index is 12.9. The fourth-order valence-corrected chi connectivity index (χ4v) is 5.13. The van der Waals surface area contributed by atoms with Gasteiger partial charge in [0, 0.05) is 25.6 Å². The number of carbonyl (C=O) groups excluding carboxylic acids is 1. The Labute approximate surface area is 182 Å². The van der Waals surface area contributed by atoms with Crippen LogP contribution in [0.5, 0.6) is 0 Å². The SMILES string of the molecule is CCCSc1nc(N2CCCC(CC(=O)O)C2)ccc1C(=O)NC1CCC(O)CC1. The van der Waals surface area contributed by atoms with Crippen molar-refractivity contribution in [2.75, 3.05) is 23.7 Å². The van der Waals surface area contributed by atoms with Crippen molar-refractivity contribution in [2.45, 2.75) is 75.5 Å². The number of carboxylic acid groups (broad SMARTS) is 1. The Morgan fingerprint density at radius 1 is 1.23 bits per heavy atom. The number of hydrogen-bond acceptors (Lipinski definition) is 6. The Bertz CT molecular complexity index is 737. The number of aliphatic hydroxyl groups is 1. The number of rotatable bonds is 8. The lowest BCUT2D eigenvalue weighted by molar-refractivity contribution is -0.138. The number of nitrogens with one attached hydrogen (secondary N) is 1. The van der Waals surface area contributed by atoms with Crippen molar-refractivity contribution in [1.29, 1.82) is 0 Å². The summed E-state index contributed by atoms with van der Waals surface area (Å²) in [6, 6.07) is 3.84. The molecular formula is C22H33N3O4S. The molecule has 3 N–H and O–H groups in total. The molecule has 1 amide bonds. The summed E-state index contributed by atoms with van der Waals surface area (Å²) in [6.07, 6.45) is 5.86. The van der Waals surface area contributed by atoms with Crippen LogP contribution < -0.4 is 10.2 Å². The summed E-state index contributed by atoms with van der Waals surface area (Å²) >= 11 is 1.59. The highest BCUT2D eigenvalue weighted by molar-refractivity contribution is 7.99. The molecule has 0 radical (unpaired) electrons. The number of piperidine rings is 1. The highest BCUT2D eigenvalue weighted by atomic mass is 32.2. The van der Waals surface area contributed by atoms with Crippen LogP contribution in [0.25, 0.3) is 0 Å². The standard InChI is InChI=1S/C22H33N3O4S/c1-2-12-30-22-18(21(29)23-16-5-7-17(26)8-6-16)9-10-19(24-22)25-11-3-4-15(14-25)13-20(27)28/h9-10,15-17,26H,2-8,11-14H2,1H3,(H,23,29)(H,27,28). The molecule has 3 rings (SSSR count). The number of thioether (sulfide) groups is 1. The van der Waals surface area contributed by atoms with Gasteiger partial charge in [0.1, 0.15) is 10.8 Å². The van der Waals surface area contributed by atoms with Crippen molar-refractivity contribution in [3.8, 4) is 0 Å². The lowest BCUT2D eigenvalue weighted by Gasteiger charge is -2.33. The van der Waals surface area contributed by atoms with E-state index in [1.807, 2.05) is 12.1 Å². The van der Waals surface area contributed by atoms with Crippen LogP contribution in [0.15, 0.2) is 17.2 Å². The third-order valence-corrected chi connectivity index (χ3v) is 7.07. The zero-order chi connectivity index (χ0) is 21.5. The van der Waals surface area contributed by atoms with Gasteiger partial charge in [0.05, 0.1) is 11.7 Å². The molecule has 2 aliphatic rings. The molecule has 1 aromatic heterocycles. The zero-order valence-corrected chi connectivity index (χ0v) is 18.5. The summed E-state index contributed by atoms with van der Waals surface area (Å²) < 4.78 is 0. The van der Waals surface area contributed by atoms with Crippen molar-refractivity contribution >= 4 is 29.5 Å². The number of hydrogen-bond donors (Lipinski definition) is 3. The summed E-state index contributed by atoms with van der Waals surface area (Å²) in [5.41, 5.74) is 0.599. The smallest absolute Gasteiger partial charge is 0.303 e. The number of pyridine rings is 1. The zero-order valence-electron chi connectivity index (χ0n) is 17.7. The molecule has 0 aromatic carbocycles. The van der Waals surface area contributed by atoms with E-state index < -0.39 is 5.97 Å². The van der Waals surface area contributed by atoms with Gasteiger partial charge in [-0.3, -0.25) is 9.59 Å². The lowest BCUT2D eigenvalue weighted by atomic mass is 9.93. The molecule has 1 aliphatic carbocycles. The molecule has 30 heavy (non-hydrogen) atoms. The van der Waals surface area contributed by atoms with Crippen LogP contribution in [0.1, 0.15) is 68.6 Å². The average Bonchev–Trinajstić information content (AvgIpc) is 2.73. The van der Waals surface area contributed by atoms with Crippen LogP contribution in [0, 0.1) is 5.92 Å². The van der Waals surface area contributed by atoms with Gasteiger partial charge in [0.2, 0.25) is 0 Å². The topological polar surface area (TPSA) is 103 Å². The number of anilines is 1. The predicted octanol–water partition coefficient (Wildman–Crippen LogP) is 3.31. The maximum absolute atomic E-state index is 12.9. The molecule has 1 atom stereocenters. The minimum absolute atomic E-state index is 0.100. The first-order chi connectivity index (χ1) is 14.5. The summed E-state index contributed by atoms with van der Waals surface area (Å²) in [7, 11) is 0. The first-order valence-electron chi connectivity index (χ1n) is 11.1. The molecule has 2 fully saturated rings. The van der Waals surface area contributed by atoms with Gasteiger partial charge < -0.3 is 20.4 Å². The molecule has 0 spiro atoms. The lowest BCUT2D eigenvalue weighted by Crippen LogP contribution is -2.39. The van der Waals surface area contributed by atoms with Gasteiger partial charge >= 0.3 is 5.97 Å². The first-order valence-corrected chi connectivity index (χ1v) is 12.0. The van der Waals surface area contributed by atoms with Gasteiger partial charge in [-0.05, 0) is 68.7 Å². The number of aliphatic carboxylic acids is 1. The summed E-state index contributed by atoms with van der Waals surface area (Å²) in [4.78, 5) is 31.0. The number of carboxylic acids is 1. The molecule has 7 nitrogen and oxygen atoms in total. The van der Waals surface area contributed by atoms with E-state index in [-0.39, 0.29) is 30.4 Å². The Morgan fingerprint density at radius 3 is 2.70 bits per heavy atom. The van der Waals surface area contributed by atoms with E-state index in [4.69, 9.17) is 10.1 Å². The second kappa shape index (κ2) is 11.0. The van der Waals surface area contributed by atoms with E-state index in [9.17, 15) is 14.7 Å². The molecule has 0 bridgehead atoms. The molecule has 1 aromatic rings. The van der Waals surface area contributed by atoms with Crippen LogP contribution in [-0.2, 0) is 4.79 Å². The van der Waals surface area contributed by atoms with Gasteiger partial charge in [-0.15, -0.1) is 11.8 Å². The van der Waals surface area contributed by atoms with Gasteiger partial charge in [-0.2, -0.15) is 0 Å². The molecule has 2 heterocycles. The minimum atomic E-state index is -0.753. The fourth-order valence-electron chi connectivity index (χ4n) is 4.26. The Hall–Kier alpha value is -1.80. The van der Waals surface area contributed by atoms with Gasteiger partial charge in [0.15, 0.2) is 0 Å². The van der Waals surface area contributed by atoms with Gasteiger partial charge in [-0.25, -0.2) is 4.98 Å². The van der Waals surface area contributed by atoms with Crippen LogP contribution in [-0.4, -0.2) is 58.1 Å². The number of carbonyl (C=O) groups is 2. The first kappa shape index (κ1) is 22.9. The monoisotopic (exact) mass is 435 g/mol. The molecule has 1 saturated heterocycles. The van der Waals surface area contributed by atoms with Crippen molar-refractivity contribution < 1.29 is 19.8 Å². The number of nitrogens with zero attached hydrogens (tertiary/aromatic N) is 2. The molecule has 166 valence electrons. The van der Waals surface area contributed by atoms with Gasteiger partial charge in [0.25, 0.3) is 5.91 Å². The molecular weight excluding hydrogens is 402 g/mol. The average molecular weight is 436 g/mol. The van der Waals surface area contributed by atoms with Crippen LogP contribution in [0.2, 0.25) is 0 Å². The Kier molecular flexibility index (Phi) is 8.39. The Balaban J connectivity index is 1.72. The van der Waals surface area contributed by atoms with E-state index in [1.54, 1.807) is 11.8 Å². The van der Waals surface area contributed by atoms with E-state index in [0.717, 1.165) is 68.1 Å². The van der Waals surface area contributed by atoms with E-state index in [1.165, 1.54) is 0 Å². The largest absolute Gasteiger partial charge is 0.481 e. The molecule has 8 heteroatoms. The van der Waals surface area contributed by atoms with Crippen LogP contribution >= 0.6 is 11.8 Å². The minimum Gasteiger partial charge on any atom is -0.481 e. The number of amides is 1. The highest BCUT2D eigenvalue weighted by Gasteiger charge is 2.26. The second-order valence-electron chi connectivity index (χ2n) is 8.40. The highest BCUT2D eigenvalue weighted by Crippen LogP contribution is 2.29. The quantitative estimate of drug-likeness (QED) is 0.538. The summed E-state index contributed by atoms with van der Waals surface area (Å²) in [5, 5.41) is 22.6. The van der Waals surface area contributed by atoms with E-state index in [2.05, 4.69) is 17.1 Å². The summed E-state index contributed by atoms with van der Waals surface area (Å²) in [5.74, 6) is 0.983. The van der Waals surface area contributed by atoms with Crippen LogP contribution in [0.3, 0.4) is 0 Å². The normalized spacial score (nSPS) is 24.5. The second-order valence-corrected chi connectivity index (χ2v) is 9.49. The Morgan fingerprint density at radius 2 is 2.00 bits per heavy atom. The molecule has 1 aliphatic heterocycles. The third-order valence-electron chi connectivity index (χ3n) is 5.87. The van der Waals surface area contributed by atoms with Gasteiger partial charge in [-0.1, -0.05) is 6.92 Å². The molecule has 1 saturated carbocycles. The third kappa shape index (κ3) is 6.35. The van der Waals surface area contributed by atoms with Crippen molar-refractivity contribution in [3.63, 3.8) is 0 Å². The van der Waals surface area contributed by atoms with E-state index in [0.29, 0.717) is 12.1 Å². The van der Waals surface area contributed by atoms with Crippen molar-refractivity contribution in [2.24, 2.45) is 5.92 Å².